The number of phenolic OH excluding ortho intramolecular Hbond substituents is 1. The number of anilines is 2. The molecule has 0 unspecified atom stereocenters. The smallest absolute Gasteiger partial charge is 0.323 e. The Kier molecular flexibility index (Phi) is 6.51. The first kappa shape index (κ1) is 23.1. The molecule has 2 aromatic rings. The zero-order chi connectivity index (χ0) is 23.0. The number of carbonyl (C=O) groups excluding carboxylic acids is 1. The van der Waals surface area contributed by atoms with Crippen LogP contribution in [0.5, 0.6) is 5.75 Å². The van der Waals surface area contributed by atoms with E-state index in [9.17, 15) is 22.7 Å². The molecule has 3 atom stereocenters. The van der Waals surface area contributed by atoms with Gasteiger partial charge in [-0.25, -0.2) is 22.3 Å². The molecule has 2 amide bonds. The topological polar surface area (TPSA) is 120 Å². The second-order valence-corrected chi connectivity index (χ2v) is 10.3. The van der Waals surface area contributed by atoms with Crippen LogP contribution < -0.4 is 20.7 Å². The van der Waals surface area contributed by atoms with Gasteiger partial charge in [-0.3, -0.25) is 0 Å². The van der Waals surface area contributed by atoms with Gasteiger partial charge in [-0.15, -0.1) is 0 Å². The van der Waals surface area contributed by atoms with Crippen molar-refractivity contribution in [1.29, 1.82) is 0 Å². The number of hydrogen-bond acceptors (Lipinski definition) is 5. The van der Waals surface area contributed by atoms with Crippen molar-refractivity contribution in [2.24, 2.45) is 0 Å². The summed E-state index contributed by atoms with van der Waals surface area (Å²) >= 11 is 11.9. The van der Waals surface area contributed by atoms with E-state index in [0.717, 1.165) is 18.9 Å². The summed E-state index contributed by atoms with van der Waals surface area (Å²) in [6.45, 7) is 0. The Morgan fingerprint density at radius 1 is 1.06 bits per heavy atom. The van der Waals surface area contributed by atoms with Crippen LogP contribution in [0.3, 0.4) is 0 Å². The van der Waals surface area contributed by atoms with Crippen LogP contribution in [0.25, 0.3) is 0 Å². The van der Waals surface area contributed by atoms with Gasteiger partial charge >= 0.3 is 6.03 Å². The zero-order valence-corrected chi connectivity index (χ0v) is 19.0. The highest BCUT2D eigenvalue weighted by molar-refractivity contribution is 7.89. The lowest BCUT2D eigenvalue weighted by atomic mass is 10.0. The second kappa shape index (κ2) is 9.03. The monoisotopic (exact) mass is 502 g/mol. The number of aromatic hydroxyl groups is 1. The van der Waals surface area contributed by atoms with Crippen LogP contribution in [-0.4, -0.2) is 37.7 Å². The summed E-state index contributed by atoms with van der Waals surface area (Å²) in [5, 5.41) is 18.2. The summed E-state index contributed by atoms with van der Waals surface area (Å²) < 4.78 is 42.2. The normalized spacial score (nSPS) is 22.5. The summed E-state index contributed by atoms with van der Waals surface area (Å²) in [7, 11) is -4.17. The van der Waals surface area contributed by atoms with E-state index in [1.54, 1.807) is 0 Å². The molecule has 2 bridgehead atoms. The van der Waals surface area contributed by atoms with Crippen LogP contribution in [0.4, 0.5) is 20.6 Å². The van der Waals surface area contributed by atoms with Crippen molar-refractivity contribution >= 4 is 50.6 Å². The number of hydrogen-bond donors (Lipinski definition) is 5. The highest BCUT2D eigenvalue weighted by Gasteiger charge is 2.36. The van der Waals surface area contributed by atoms with Crippen molar-refractivity contribution in [2.45, 2.75) is 48.7 Å². The Bertz CT molecular complexity index is 1150. The zero-order valence-electron chi connectivity index (χ0n) is 16.7. The van der Waals surface area contributed by atoms with Crippen molar-refractivity contribution in [3.05, 3.63) is 46.2 Å². The molecule has 2 fully saturated rings. The van der Waals surface area contributed by atoms with Gasteiger partial charge in [-0.2, -0.15) is 0 Å². The van der Waals surface area contributed by atoms with E-state index in [4.69, 9.17) is 23.2 Å². The number of carbonyl (C=O) groups is 1. The Hall–Kier alpha value is -2.11. The fourth-order valence-electron chi connectivity index (χ4n) is 4.21. The molecule has 0 spiro atoms. The molecule has 2 aliphatic heterocycles. The summed E-state index contributed by atoms with van der Waals surface area (Å²) in [4.78, 5) is 11.8. The highest BCUT2D eigenvalue weighted by atomic mass is 35.5. The third kappa shape index (κ3) is 4.79. The summed E-state index contributed by atoms with van der Waals surface area (Å²) in [5.41, 5.74) is -0.183. The van der Waals surface area contributed by atoms with E-state index < -0.39 is 32.5 Å². The second-order valence-electron chi connectivity index (χ2n) is 7.88. The molecule has 5 N–H and O–H groups in total. The molecule has 4 rings (SSSR count). The number of sulfonamides is 1. The number of benzene rings is 2. The van der Waals surface area contributed by atoms with Gasteiger partial charge < -0.3 is 21.1 Å². The van der Waals surface area contributed by atoms with Crippen molar-refractivity contribution in [1.82, 2.24) is 10.0 Å². The number of phenols is 1. The maximum atomic E-state index is 13.6. The molecular weight excluding hydrogens is 482 g/mol. The summed E-state index contributed by atoms with van der Waals surface area (Å²) in [5.74, 6) is -1.42. The Morgan fingerprint density at radius 3 is 2.41 bits per heavy atom. The SMILES string of the molecule is O=C(Nc1ccc(Cl)c(S(=O)(=O)N[C@@H]2C[C@H]3CC[C@@H](C2)N3)c1O)Nc1cccc(F)c1Cl. The number of nitrogens with one attached hydrogen (secondary N) is 4. The number of urea groups is 1. The minimum atomic E-state index is -4.17. The van der Waals surface area contributed by atoms with Gasteiger partial charge in [0, 0.05) is 18.1 Å². The molecule has 12 heteroatoms. The number of fused-ring (bicyclic) bond motifs is 2. The van der Waals surface area contributed by atoms with E-state index in [2.05, 4.69) is 20.7 Å². The van der Waals surface area contributed by atoms with Gasteiger partial charge in [0.2, 0.25) is 10.0 Å². The first-order chi connectivity index (χ1) is 15.1. The Balaban J connectivity index is 1.53. The summed E-state index contributed by atoms with van der Waals surface area (Å²) in [6, 6.07) is 5.77. The third-order valence-corrected chi connectivity index (χ3v) is 8.00. The van der Waals surface area contributed by atoms with Crippen LogP contribution >= 0.6 is 23.2 Å². The van der Waals surface area contributed by atoms with Crippen LogP contribution in [0.15, 0.2) is 35.2 Å². The predicted octanol–water partition coefficient (Wildman–Crippen LogP) is 4.04. The number of halogens is 3. The highest BCUT2D eigenvalue weighted by Crippen LogP contribution is 2.38. The fraction of sp³-hybridized carbons (Fsp3) is 0.350. The predicted molar refractivity (Wildman–Crippen MR) is 120 cm³/mol. The van der Waals surface area contributed by atoms with E-state index in [0.29, 0.717) is 12.8 Å². The van der Waals surface area contributed by atoms with Gasteiger partial charge in [-0.05, 0) is 49.9 Å². The molecule has 2 aliphatic rings. The quantitative estimate of drug-likeness (QED) is 0.395. The van der Waals surface area contributed by atoms with Crippen LogP contribution in [0.1, 0.15) is 25.7 Å². The molecule has 0 saturated carbocycles. The number of rotatable bonds is 5. The average Bonchev–Trinajstić information content (AvgIpc) is 3.05. The van der Waals surface area contributed by atoms with Crippen molar-refractivity contribution in [3.63, 3.8) is 0 Å². The Labute approximate surface area is 194 Å². The molecule has 2 aromatic carbocycles. The van der Waals surface area contributed by atoms with Crippen molar-refractivity contribution in [3.8, 4) is 5.75 Å². The van der Waals surface area contributed by atoms with E-state index in [-0.39, 0.29) is 39.5 Å². The van der Waals surface area contributed by atoms with Crippen LogP contribution in [0.2, 0.25) is 10.0 Å². The molecule has 32 heavy (non-hydrogen) atoms. The standard InChI is InChI=1S/C20H21Cl2FN4O4S/c21-13-6-7-16(26-20(29)25-15-3-1-2-14(23)17(15)22)18(28)19(13)32(30,31)27-12-8-10-4-5-11(9-12)24-10/h1-3,6-7,10-12,24,27-28H,4-5,8-9H2,(H2,25,26,29)/t10-,11+,12-. The number of amides is 2. The lowest BCUT2D eigenvalue weighted by Crippen LogP contribution is -2.47. The van der Waals surface area contributed by atoms with Crippen molar-refractivity contribution in [2.75, 3.05) is 10.6 Å². The maximum absolute atomic E-state index is 13.6. The molecule has 8 nitrogen and oxygen atoms in total. The molecule has 172 valence electrons. The minimum absolute atomic E-state index is 0.00710. The average molecular weight is 503 g/mol. The lowest BCUT2D eigenvalue weighted by molar-refractivity contribution is 0.262. The van der Waals surface area contributed by atoms with Crippen molar-refractivity contribution < 1.29 is 22.7 Å². The largest absolute Gasteiger partial charge is 0.504 e. The lowest BCUT2D eigenvalue weighted by Gasteiger charge is -2.29. The third-order valence-electron chi connectivity index (χ3n) is 5.60. The van der Waals surface area contributed by atoms with Gasteiger partial charge in [0.25, 0.3) is 0 Å². The maximum Gasteiger partial charge on any atom is 0.323 e. The van der Waals surface area contributed by atoms with Gasteiger partial charge in [0.15, 0.2) is 5.75 Å². The molecule has 0 aliphatic carbocycles. The first-order valence-corrected chi connectivity index (χ1v) is 12.2. The van der Waals surface area contributed by atoms with Gasteiger partial charge in [-0.1, -0.05) is 29.3 Å². The molecular formula is C20H21Cl2FN4O4S. The van der Waals surface area contributed by atoms with Gasteiger partial charge in [0.1, 0.15) is 10.7 Å². The Morgan fingerprint density at radius 2 is 1.72 bits per heavy atom. The minimum Gasteiger partial charge on any atom is -0.504 e. The van der Waals surface area contributed by atoms with E-state index >= 15 is 0 Å². The van der Waals surface area contributed by atoms with E-state index in [1.807, 2.05) is 0 Å². The molecule has 0 aromatic heterocycles. The van der Waals surface area contributed by atoms with E-state index in [1.165, 1.54) is 24.3 Å². The molecule has 0 radical (unpaired) electrons. The molecule has 2 heterocycles. The first-order valence-electron chi connectivity index (χ1n) is 9.96. The summed E-state index contributed by atoms with van der Waals surface area (Å²) in [6.07, 6.45) is 3.28. The van der Waals surface area contributed by atoms with Gasteiger partial charge in [0.05, 0.1) is 21.4 Å². The fourth-order valence-corrected chi connectivity index (χ4v) is 6.28. The number of piperidine rings is 1. The van der Waals surface area contributed by atoms with Crippen LogP contribution in [-0.2, 0) is 10.0 Å². The van der Waals surface area contributed by atoms with Crippen LogP contribution in [0, 0.1) is 5.82 Å². The molecule has 2 saturated heterocycles.